The van der Waals surface area contributed by atoms with Crippen LogP contribution >= 0.6 is 12.4 Å². The molecule has 114 valence electrons. The Morgan fingerprint density at radius 2 is 1.85 bits per heavy atom. The van der Waals surface area contributed by atoms with Gasteiger partial charge in [0.1, 0.15) is 0 Å². The smallest absolute Gasteiger partial charge is 0.0230 e. The van der Waals surface area contributed by atoms with Crippen molar-refractivity contribution in [3.63, 3.8) is 0 Å². The van der Waals surface area contributed by atoms with Gasteiger partial charge in [-0.25, -0.2) is 0 Å². The van der Waals surface area contributed by atoms with Gasteiger partial charge < -0.3 is 15.5 Å². The zero-order valence-electron chi connectivity index (χ0n) is 12.5. The van der Waals surface area contributed by atoms with E-state index in [1.807, 2.05) is 0 Å². The molecule has 0 saturated carbocycles. The fourth-order valence-electron chi connectivity index (χ4n) is 2.98. The molecular weight excluding hydrogens is 270 g/mol. The van der Waals surface area contributed by atoms with Gasteiger partial charge in [-0.3, -0.25) is 0 Å². The minimum absolute atomic E-state index is 0. The lowest BCUT2D eigenvalue weighted by Gasteiger charge is -2.33. The van der Waals surface area contributed by atoms with Crippen LogP contribution in [0.5, 0.6) is 0 Å². The van der Waals surface area contributed by atoms with Crippen LogP contribution in [0.3, 0.4) is 0 Å². The summed E-state index contributed by atoms with van der Waals surface area (Å²) in [6.07, 6.45) is 2.64. The summed E-state index contributed by atoms with van der Waals surface area (Å²) in [5, 5.41) is 0. The molecule has 1 saturated heterocycles. The highest BCUT2D eigenvalue weighted by molar-refractivity contribution is 5.85. The molecule has 0 aliphatic carbocycles. The highest BCUT2D eigenvalue weighted by Crippen LogP contribution is 2.18. The van der Waals surface area contributed by atoms with Crippen molar-refractivity contribution in [2.45, 2.75) is 19.4 Å². The maximum atomic E-state index is 5.61. The minimum Gasteiger partial charge on any atom is -0.329 e. The van der Waals surface area contributed by atoms with Crippen molar-refractivity contribution < 1.29 is 0 Å². The molecule has 20 heavy (non-hydrogen) atoms. The average molecular weight is 298 g/mol. The molecule has 0 atom stereocenters. The summed E-state index contributed by atoms with van der Waals surface area (Å²) in [5.74, 6) is 0.850. The number of hydrogen-bond donors (Lipinski definition) is 1. The molecule has 0 amide bonds. The first kappa shape index (κ1) is 17.4. The minimum atomic E-state index is 0. The molecule has 2 N–H and O–H groups in total. The van der Waals surface area contributed by atoms with Crippen molar-refractivity contribution in [3.8, 4) is 0 Å². The van der Waals surface area contributed by atoms with Gasteiger partial charge in [-0.15, -0.1) is 12.4 Å². The van der Waals surface area contributed by atoms with Crippen LogP contribution in [-0.4, -0.2) is 49.6 Å². The Hall–Kier alpha value is -0.610. The zero-order valence-corrected chi connectivity index (χ0v) is 13.3. The molecule has 2 rings (SSSR count). The molecule has 1 aliphatic rings. The van der Waals surface area contributed by atoms with Crippen molar-refractivity contribution in [1.29, 1.82) is 0 Å². The van der Waals surface area contributed by atoms with E-state index in [1.165, 1.54) is 38.0 Å². The van der Waals surface area contributed by atoms with E-state index >= 15 is 0 Å². The standard InChI is InChI=1S/C16H27N3.ClH/c1-18(13-15-5-3-2-4-6-15)14-16-7-10-19(11-8-16)12-9-17;/h2-6,16H,7-14,17H2,1H3;1H. The first-order valence-electron chi connectivity index (χ1n) is 7.43. The third-order valence-corrected chi connectivity index (χ3v) is 4.02. The van der Waals surface area contributed by atoms with Crippen LogP contribution in [0.15, 0.2) is 30.3 Å². The largest absolute Gasteiger partial charge is 0.329 e. The maximum Gasteiger partial charge on any atom is 0.0230 e. The highest BCUT2D eigenvalue weighted by atomic mass is 35.5. The molecule has 0 unspecified atom stereocenters. The van der Waals surface area contributed by atoms with Gasteiger partial charge in [-0.05, 0) is 44.5 Å². The fourth-order valence-corrected chi connectivity index (χ4v) is 2.98. The Morgan fingerprint density at radius 3 is 2.45 bits per heavy atom. The second kappa shape index (κ2) is 9.35. The quantitative estimate of drug-likeness (QED) is 0.874. The Balaban J connectivity index is 0.00000200. The maximum absolute atomic E-state index is 5.61. The normalized spacial score (nSPS) is 17.1. The number of hydrogen-bond acceptors (Lipinski definition) is 3. The predicted molar refractivity (Wildman–Crippen MR) is 88.2 cm³/mol. The summed E-state index contributed by atoms with van der Waals surface area (Å²) in [4.78, 5) is 4.95. The van der Waals surface area contributed by atoms with Crippen LogP contribution in [0, 0.1) is 5.92 Å². The summed E-state index contributed by atoms with van der Waals surface area (Å²) in [5.41, 5.74) is 7.02. The van der Waals surface area contributed by atoms with E-state index in [0.29, 0.717) is 0 Å². The van der Waals surface area contributed by atoms with Crippen molar-refractivity contribution in [3.05, 3.63) is 35.9 Å². The molecule has 1 aromatic rings. The lowest BCUT2D eigenvalue weighted by atomic mass is 9.96. The third kappa shape index (κ3) is 5.80. The first-order valence-corrected chi connectivity index (χ1v) is 7.43. The fraction of sp³-hybridized carbons (Fsp3) is 0.625. The van der Waals surface area contributed by atoms with E-state index in [4.69, 9.17) is 5.73 Å². The van der Waals surface area contributed by atoms with Crippen LogP contribution < -0.4 is 5.73 Å². The monoisotopic (exact) mass is 297 g/mol. The molecule has 4 heteroatoms. The number of benzene rings is 1. The molecule has 1 heterocycles. The van der Waals surface area contributed by atoms with Gasteiger partial charge in [-0.2, -0.15) is 0 Å². The molecule has 0 radical (unpaired) electrons. The predicted octanol–water partition coefficient (Wildman–Crippen LogP) is 2.21. The van der Waals surface area contributed by atoms with E-state index < -0.39 is 0 Å². The Kier molecular flexibility index (Phi) is 8.15. The Morgan fingerprint density at radius 1 is 1.20 bits per heavy atom. The molecule has 1 aliphatic heterocycles. The zero-order chi connectivity index (χ0) is 13.5. The molecule has 0 spiro atoms. The van der Waals surface area contributed by atoms with Crippen LogP contribution in [0.2, 0.25) is 0 Å². The number of nitrogens with two attached hydrogens (primary N) is 1. The summed E-state index contributed by atoms with van der Waals surface area (Å²) in [6.45, 7) is 6.57. The topological polar surface area (TPSA) is 32.5 Å². The third-order valence-electron chi connectivity index (χ3n) is 4.02. The van der Waals surface area contributed by atoms with Gasteiger partial charge in [-0.1, -0.05) is 30.3 Å². The Labute approximate surface area is 129 Å². The molecule has 3 nitrogen and oxygen atoms in total. The lowest BCUT2D eigenvalue weighted by Crippen LogP contribution is -2.39. The second-order valence-corrected chi connectivity index (χ2v) is 5.76. The van der Waals surface area contributed by atoms with Crippen LogP contribution in [-0.2, 0) is 6.54 Å². The number of nitrogens with zero attached hydrogens (tertiary/aromatic N) is 2. The van der Waals surface area contributed by atoms with Crippen molar-refractivity contribution in [1.82, 2.24) is 9.80 Å². The van der Waals surface area contributed by atoms with E-state index in [9.17, 15) is 0 Å². The SMILES string of the molecule is CN(Cc1ccccc1)CC1CCN(CCN)CC1.Cl. The van der Waals surface area contributed by atoms with E-state index in [0.717, 1.165) is 25.6 Å². The summed E-state index contributed by atoms with van der Waals surface area (Å²) in [7, 11) is 2.24. The molecule has 1 aromatic carbocycles. The van der Waals surface area contributed by atoms with Gasteiger partial charge >= 0.3 is 0 Å². The number of likely N-dealkylation sites (tertiary alicyclic amines) is 1. The lowest BCUT2D eigenvalue weighted by molar-refractivity contribution is 0.155. The van der Waals surface area contributed by atoms with Gasteiger partial charge in [0.15, 0.2) is 0 Å². The number of piperidine rings is 1. The number of rotatable bonds is 6. The van der Waals surface area contributed by atoms with Crippen molar-refractivity contribution >= 4 is 12.4 Å². The number of halogens is 1. The highest BCUT2D eigenvalue weighted by Gasteiger charge is 2.19. The van der Waals surface area contributed by atoms with Crippen LogP contribution in [0.1, 0.15) is 18.4 Å². The summed E-state index contributed by atoms with van der Waals surface area (Å²) >= 11 is 0. The van der Waals surface area contributed by atoms with Gasteiger partial charge in [0.2, 0.25) is 0 Å². The van der Waals surface area contributed by atoms with Gasteiger partial charge in [0.25, 0.3) is 0 Å². The van der Waals surface area contributed by atoms with E-state index in [1.54, 1.807) is 0 Å². The molecule has 1 fully saturated rings. The first-order chi connectivity index (χ1) is 9.28. The molecule has 0 bridgehead atoms. The average Bonchev–Trinajstić information content (AvgIpc) is 2.42. The summed E-state index contributed by atoms with van der Waals surface area (Å²) < 4.78 is 0. The van der Waals surface area contributed by atoms with Crippen LogP contribution in [0.25, 0.3) is 0 Å². The second-order valence-electron chi connectivity index (χ2n) is 5.76. The van der Waals surface area contributed by atoms with Crippen molar-refractivity contribution in [2.24, 2.45) is 11.7 Å². The van der Waals surface area contributed by atoms with Crippen LogP contribution in [0.4, 0.5) is 0 Å². The van der Waals surface area contributed by atoms with Crippen molar-refractivity contribution in [2.75, 3.05) is 39.8 Å². The van der Waals surface area contributed by atoms with E-state index in [-0.39, 0.29) is 12.4 Å². The summed E-state index contributed by atoms with van der Waals surface area (Å²) in [6, 6.07) is 10.7. The Bertz CT molecular complexity index is 350. The molecule has 0 aromatic heterocycles. The van der Waals surface area contributed by atoms with E-state index in [2.05, 4.69) is 47.2 Å². The molecular formula is C16H28ClN3. The van der Waals surface area contributed by atoms with Gasteiger partial charge in [0.05, 0.1) is 0 Å². The van der Waals surface area contributed by atoms with Gasteiger partial charge in [0, 0.05) is 26.2 Å².